The maximum absolute atomic E-state index is 6.41. The average molecular weight is 593 g/mol. The molecule has 0 saturated carbocycles. The summed E-state index contributed by atoms with van der Waals surface area (Å²) >= 11 is 13.9. The summed E-state index contributed by atoms with van der Waals surface area (Å²) in [4.78, 5) is 0. The first-order valence-electron chi connectivity index (χ1n) is 13.3. The number of nitrogens with zero attached hydrogens (tertiary/aromatic N) is 2. The Morgan fingerprint density at radius 2 is 0.771 bits per heavy atom. The van der Waals surface area contributed by atoms with Gasteiger partial charge >= 0.3 is 0 Å². The van der Waals surface area contributed by atoms with E-state index < -0.39 is 13.3 Å². The molecule has 0 radical (unpaired) electrons. The van der Waals surface area contributed by atoms with Gasteiger partial charge in [0.2, 0.25) is 0 Å². The van der Waals surface area contributed by atoms with Crippen molar-refractivity contribution in [2.24, 2.45) is 0 Å². The quantitative estimate of drug-likeness (QED) is 0.0781. The predicted molar refractivity (Wildman–Crippen MR) is 163 cm³/mol. The largest absolute Gasteiger partial charge is 0.317 e. The number of rotatable bonds is 20. The van der Waals surface area contributed by atoms with Crippen molar-refractivity contribution in [1.82, 2.24) is 8.15 Å². The molecule has 0 heterocycles. The summed E-state index contributed by atoms with van der Waals surface area (Å²) in [7, 11) is 0. The van der Waals surface area contributed by atoms with Gasteiger partial charge in [-0.3, -0.25) is 0 Å². The molecule has 11 heteroatoms. The highest BCUT2D eigenvalue weighted by Crippen LogP contribution is 2.67. The molecule has 0 N–H and O–H groups in total. The summed E-state index contributed by atoms with van der Waals surface area (Å²) in [6.45, 7) is 18.2. The van der Waals surface area contributed by atoms with E-state index in [9.17, 15) is 0 Å². The monoisotopic (exact) mass is 592 g/mol. The minimum absolute atomic E-state index is 0.338. The van der Waals surface area contributed by atoms with E-state index in [1.165, 1.54) is 12.1 Å². The van der Waals surface area contributed by atoms with Crippen LogP contribution >= 0.6 is 25.4 Å². The highest BCUT2D eigenvalue weighted by atomic mass is 32.5. The summed E-state index contributed by atoms with van der Waals surface area (Å²) < 4.78 is 29.9. The van der Waals surface area contributed by atoms with Crippen molar-refractivity contribution in [2.75, 3.05) is 26.4 Å². The van der Waals surface area contributed by atoms with Gasteiger partial charge in [-0.25, -0.2) is 0 Å². The molecule has 0 aliphatic carbocycles. The normalized spacial score (nSPS) is 13.8. The van der Waals surface area contributed by atoms with Crippen LogP contribution in [-0.2, 0) is 41.7 Å². The van der Waals surface area contributed by atoms with Gasteiger partial charge in [0.15, 0.2) is 0 Å². The van der Waals surface area contributed by atoms with Crippen LogP contribution in [0.2, 0.25) is 0 Å². The highest BCUT2D eigenvalue weighted by molar-refractivity contribution is 8.19. The average Bonchev–Trinajstić information content (AvgIpc) is 2.73. The fourth-order valence-corrected chi connectivity index (χ4v) is 11.6. The lowest BCUT2D eigenvalue weighted by Gasteiger charge is -2.48. The van der Waals surface area contributed by atoms with E-state index in [2.05, 4.69) is 77.4 Å². The van der Waals surface area contributed by atoms with E-state index in [4.69, 9.17) is 41.7 Å². The van der Waals surface area contributed by atoms with E-state index >= 15 is 0 Å². The van der Waals surface area contributed by atoms with E-state index in [-0.39, 0.29) is 11.1 Å². The molecule has 0 bridgehead atoms. The van der Waals surface area contributed by atoms with Crippen LogP contribution in [0.25, 0.3) is 0 Å². The molecule has 0 aliphatic rings. The number of hydrogen-bond acceptors (Lipinski definition) is 7. The molecule has 0 unspecified atom stereocenters. The first kappa shape index (κ1) is 36.4. The van der Waals surface area contributed by atoms with Crippen molar-refractivity contribution in [1.29, 1.82) is 0 Å². The zero-order chi connectivity index (χ0) is 27.2. The van der Waals surface area contributed by atoms with Crippen molar-refractivity contribution in [3.63, 3.8) is 0 Å². The zero-order valence-electron chi connectivity index (χ0n) is 24.1. The van der Waals surface area contributed by atoms with E-state index in [0.29, 0.717) is 26.4 Å². The van der Waals surface area contributed by atoms with Gasteiger partial charge in [-0.1, -0.05) is 53.4 Å². The molecule has 6 nitrogen and oxygen atoms in total. The highest BCUT2D eigenvalue weighted by Gasteiger charge is 2.46. The second kappa shape index (κ2) is 17.9. The van der Waals surface area contributed by atoms with Gasteiger partial charge in [0, 0.05) is 23.2 Å². The standard InChI is InChI=1S/C24H54N2O4P2S3/c1-11-15-19-27-31(33,28-20-16-12-2)25(23(5,6)7)35-26(24(8,9)10)32(34,29-21-17-13-3)30-22-18-14-4/h11-22H2,1-10H3. The lowest BCUT2D eigenvalue weighted by molar-refractivity contribution is 0.187. The second-order valence-corrected chi connectivity index (χ2v) is 18.6. The lowest BCUT2D eigenvalue weighted by Crippen LogP contribution is -2.42. The second-order valence-electron chi connectivity index (χ2n) is 10.7. The summed E-state index contributed by atoms with van der Waals surface area (Å²) in [5.74, 6) is 0. The SMILES string of the molecule is CCCCOP(=S)(OCCCC)N(SN(C(C)(C)C)P(=S)(OCCCC)OCCCC)C(C)(C)C. The minimum atomic E-state index is -2.82. The zero-order valence-corrected chi connectivity index (χ0v) is 28.4. The van der Waals surface area contributed by atoms with Crippen molar-refractivity contribution < 1.29 is 18.1 Å². The molecule has 0 rings (SSSR count). The molecule has 0 atom stereocenters. The van der Waals surface area contributed by atoms with Gasteiger partial charge in [-0.15, -0.1) is 0 Å². The third-order valence-electron chi connectivity index (χ3n) is 4.76. The molecular weight excluding hydrogens is 538 g/mol. The summed E-state index contributed by atoms with van der Waals surface area (Å²) in [5.41, 5.74) is -0.676. The fourth-order valence-electron chi connectivity index (χ4n) is 2.72. The molecule has 0 spiro atoms. The Morgan fingerprint density at radius 3 is 0.943 bits per heavy atom. The van der Waals surface area contributed by atoms with Gasteiger partial charge < -0.3 is 18.1 Å². The van der Waals surface area contributed by atoms with Crippen LogP contribution in [0.15, 0.2) is 0 Å². The summed E-state index contributed by atoms with van der Waals surface area (Å²) in [6, 6.07) is 0. The minimum Gasteiger partial charge on any atom is -0.317 e. The Bertz CT molecular complexity index is 576. The molecule has 0 aliphatic heterocycles. The Balaban J connectivity index is 6.38. The first-order chi connectivity index (χ1) is 16.2. The number of unbranched alkanes of at least 4 members (excludes halogenated alkanes) is 4. The van der Waals surface area contributed by atoms with Crippen molar-refractivity contribution in [3.8, 4) is 0 Å². The third-order valence-corrected chi connectivity index (χ3v) is 14.9. The van der Waals surface area contributed by atoms with E-state index in [1.54, 1.807) is 0 Å². The molecular formula is C24H54N2O4P2S3. The van der Waals surface area contributed by atoms with Crippen molar-refractivity contribution in [2.45, 2.75) is 132 Å². The fraction of sp³-hybridized carbons (Fsp3) is 1.00. The first-order valence-corrected chi connectivity index (χ1v) is 19.2. The Labute approximate surface area is 232 Å². The molecule has 0 saturated heterocycles. The van der Waals surface area contributed by atoms with Crippen LogP contribution in [0.1, 0.15) is 121 Å². The molecule has 212 valence electrons. The van der Waals surface area contributed by atoms with Gasteiger partial charge in [0.25, 0.3) is 13.3 Å². The van der Waals surface area contributed by atoms with Crippen molar-refractivity contribution >= 4 is 49.0 Å². The van der Waals surface area contributed by atoms with Crippen LogP contribution in [-0.4, -0.2) is 45.7 Å². The smallest absolute Gasteiger partial charge is 0.275 e. The Hall–Kier alpha value is 1.41. The maximum atomic E-state index is 6.41. The predicted octanol–water partition coefficient (Wildman–Crippen LogP) is 9.47. The molecule has 35 heavy (non-hydrogen) atoms. The van der Waals surface area contributed by atoms with Gasteiger partial charge in [0.1, 0.15) is 0 Å². The van der Waals surface area contributed by atoms with Crippen LogP contribution < -0.4 is 0 Å². The van der Waals surface area contributed by atoms with E-state index in [0.717, 1.165) is 51.4 Å². The maximum Gasteiger partial charge on any atom is 0.275 e. The topological polar surface area (TPSA) is 43.4 Å². The number of hydrogen-bond donors (Lipinski definition) is 0. The molecule has 0 amide bonds. The molecule has 0 aromatic rings. The van der Waals surface area contributed by atoms with Crippen LogP contribution in [0, 0.1) is 0 Å². The van der Waals surface area contributed by atoms with Crippen LogP contribution in [0.5, 0.6) is 0 Å². The van der Waals surface area contributed by atoms with E-state index in [1.807, 2.05) is 0 Å². The van der Waals surface area contributed by atoms with Crippen molar-refractivity contribution in [3.05, 3.63) is 0 Å². The molecule has 0 aromatic heterocycles. The van der Waals surface area contributed by atoms with Crippen LogP contribution in [0.4, 0.5) is 0 Å². The Kier molecular flexibility index (Phi) is 18.6. The lowest BCUT2D eigenvalue weighted by atomic mass is 10.1. The van der Waals surface area contributed by atoms with Gasteiger partial charge in [-0.05, 0) is 90.8 Å². The molecule has 0 aromatic carbocycles. The van der Waals surface area contributed by atoms with Crippen LogP contribution in [0.3, 0.4) is 0 Å². The third kappa shape index (κ3) is 13.9. The van der Waals surface area contributed by atoms with Gasteiger partial charge in [0.05, 0.1) is 26.4 Å². The summed E-state index contributed by atoms with van der Waals surface area (Å²) in [5, 5.41) is 0. The van der Waals surface area contributed by atoms with Gasteiger partial charge in [-0.2, -0.15) is 8.15 Å². The summed E-state index contributed by atoms with van der Waals surface area (Å²) in [6.07, 6.45) is 7.94. The Morgan fingerprint density at radius 1 is 0.543 bits per heavy atom. The molecule has 0 fully saturated rings.